The van der Waals surface area contributed by atoms with Crippen molar-refractivity contribution in [3.05, 3.63) is 29.6 Å². The van der Waals surface area contributed by atoms with Crippen molar-refractivity contribution in [2.45, 2.75) is 45.6 Å². The second kappa shape index (κ2) is 13.5. The third kappa shape index (κ3) is 7.45. The maximum atomic E-state index is 14.8. The highest BCUT2D eigenvalue weighted by Gasteiger charge is 2.33. The van der Waals surface area contributed by atoms with E-state index in [0.717, 1.165) is 63.8 Å². The number of likely N-dealkylation sites (N-methyl/N-ethyl adjacent to an activating group) is 1. The molecule has 1 aliphatic heterocycles. The van der Waals surface area contributed by atoms with E-state index in [0.29, 0.717) is 17.6 Å². The fourth-order valence-electron chi connectivity index (χ4n) is 4.86. The summed E-state index contributed by atoms with van der Waals surface area (Å²) in [5.41, 5.74) is 1.93. The minimum Gasteiger partial charge on any atom is -0.385 e. The maximum absolute atomic E-state index is 14.8. The molecule has 0 spiro atoms. The van der Waals surface area contributed by atoms with Gasteiger partial charge in [0.05, 0.1) is 5.69 Å². The molecule has 3 rings (SSSR count). The van der Waals surface area contributed by atoms with Crippen LogP contribution in [0, 0.1) is 11.2 Å². The van der Waals surface area contributed by atoms with E-state index in [1.54, 1.807) is 20.2 Å². The molecule has 1 aromatic carbocycles. The van der Waals surface area contributed by atoms with Gasteiger partial charge in [0.1, 0.15) is 5.82 Å². The summed E-state index contributed by atoms with van der Waals surface area (Å²) in [5.74, 6) is 0.625. The zero-order chi connectivity index (χ0) is 22.1. The van der Waals surface area contributed by atoms with E-state index < -0.39 is 0 Å². The summed E-state index contributed by atoms with van der Waals surface area (Å²) in [6.45, 7) is 9.22. The topological polar surface area (TPSA) is 52.1 Å². The number of ether oxygens (including phenoxy) is 1. The van der Waals surface area contributed by atoms with Gasteiger partial charge in [-0.25, -0.2) is 4.39 Å². The fourth-order valence-corrected chi connectivity index (χ4v) is 4.86. The van der Waals surface area contributed by atoms with Crippen molar-refractivity contribution in [2.75, 3.05) is 64.9 Å². The normalized spacial score (nSPS) is 19.0. The SMILES string of the molecule is CCN1CCN(c2ccc(CNC(=NC)NCC3(CCOC)CCCC3)cc2F)CC1.I. The van der Waals surface area contributed by atoms with Gasteiger partial charge in [-0.05, 0) is 48.9 Å². The first-order valence-electron chi connectivity index (χ1n) is 11.8. The summed E-state index contributed by atoms with van der Waals surface area (Å²) in [6, 6.07) is 5.59. The zero-order valence-electron chi connectivity index (χ0n) is 20.0. The molecule has 0 radical (unpaired) electrons. The minimum absolute atomic E-state index is 0. The number of hydrogen-bond donors (Lipinski definition) is 2. The van der Waals surface area contributed by atoms with Crippen LogP contribution in [0.1, 0.15) is 44.6 Å². The summed E-state index contributed by atoms with van der Waals surface area (Å²) >= 11 is 0. The van der Waals surface area contributed by atoms with E-state index in [1.165, 1.54) is 25.7 Å². The first kappa shape index (κ1) is 27.1. The molecule has 1 aromatic rings. The molecular weight excluding hydrogens is 520 g/mol. The Morgan fingerprint density at radius 2 is 1.88 bits per heavy atom. The summed E-state index contributed by atoms with van der Waals surface area (Å²) in [5, 5.41) is 6.84. The third-order valence-corrected chi connectivity index (χ3v) is 6.99. The van der Waals surface area contributed by atoms with Gasteiger partial charge in [-0.1, -0.05) is 25.8 Å². The lowest BCUT2D eigenvalue weighted by Crippen LogP contribution is -2.46. The Kier molecular flexibility index (Phi) is 11.5. The van der Waals surface area contributed by atoms with Crippen molar-refractivity contribution in [3.8, 4) is 0 Å². The van der Waals surface area contributed by atoms with Crippen molar-refractivity contribution in [1.29, 1.82) is 0 Å². The van der Waals surface area contributed by atoms with Gasteiger partial charge in [-0.3, -0.25) is 4.99 Å². The van der Waals surface area contributed by atoms with Crippen molar-refractivity contribution < 1.29 is 9.13 Å². The Morgan fingerprint density at radius 1 is 1.16 bits per heavy atom. The van der Waals surface area contributed by atoms with Gasteiger partial charge in [0, 0.05) is 60.0 Å². The Bertz CT molecular complexity index is 718. The number of aliphatic imine (C=N–C) groups is 1. The zero-order valence-corrected chi connectivity index (χ0v) is 22.3. The summed E-state index contributed by atoms with van der Waals surface area (Å²) < 4.78 is 20.1. The van der Waals surface area contributed by atoms with Crippen LogP contribution in [0.3, 0.4) is 0 Å². The predicted octanol–water partition coefficient (Wildman–Crippen LogP) is 3.85. The van der Waals surface area contributed by atoms with Crippen LogP contribution in [0.25, 0.3) is 0 Å². The van der Waals surface area contributed by atoms with Crippen LogP contribution in [0.15, 0.2) is 23.2 Å². The number of guanidine groups is 1. The summed E-state index contributed by atoms with van der Waals surface area (Å²) in [7, 11) is 3.55. The van der Waals surface area contributed by atoms with Crippen LogP contribution in [0.4, 0.5) is 10.1 Å². The van der Waals surface area contributed by atoms with Gasteiger partial charge in [-0.15, -0.1) is 24.0 Å². The smallest absolute Gasteiger partial charge is 0.191 e. The average molecular weight is 562 g/mol. The molecule has 0 bridgehead atoms. The number of nitrogens with zero attached hydrogens (tertiary/aromatic N) is 3. The maximum Gasteiger partial charge on any atom is 0.191 e. The Hall–Kier alpha value is -1.13. The molecular formula is C24H41FIN5O. The predicted molar refractivity (Wildman–Crippen MR) is 142 cm³/mol. The first-order valence-corrected chi connectivity index (χ1v) is 11.8. The van der Waals surface area contributed by atoms with Gasteiger partial charge in [0.15, 0.2) is 5.96 Å². The average Bonchev–Trinajstić information content (AvgIpc) is 3.27. The van der Waals surface area contributed by atoms with E-state index in [9.17, 15) is 4.39 Å². The number of anilines is 1. The lowest BCUT2D eigenvalue weighted by molar-refractivity contribution is 0.138. The molecule has 8 heteroatoms. The van der Waals surface area contributed by atoms with Gasteiger partial charge in [0.25, 0.3) is 0 Å². The van der Waals surface area contributed by atoms with Crippen LogP contribution in [-0.4, -0.2) is 70.9 Å². The number of methoxy groups -OCH3 is 1. The van der Waals surface area contributed by atoms with Crippen molar-refractivity contribution in [2.24, 2.45) is 10.4 Å². The summed E-state index contributed by atoms with van der Waals surface area (Å²) in [6.07, 6.45) is 6.12. The van der Waals surface area contributed by atoms with E-state index in [4.69, 9.17) is 4.74 Å². The second-order valence-electron chi connectivity index (χ2n) is 8.94. The molecule has 0 unspecified atom stereocenters. The molecule has 1 aliphatic carbocycles. The van der Waals surface area contributed by atoms with Gasteiger partial charge >= 0.3 is 0 Å². The van der Waals surface area contributed by atoms with Gasteiger partial charge in [0.2, 0.25) is 0 Å². The quantitative estimate of drug-likeness (QED) is 0.273. The molecule has 0 atom stereocenters. The Morgan fingerprint density at radius 3 is 2.47 bits per heavy atom. The van der Waals surface area contributed by atoms with Crippen LogP contribution < -0.4 is 15.5 Å². The monoisotopic (exact) mass is 561 g/mol. The molecule has 0 amide bonds. The van der Waals surface area contributed by atoms with E-state index in [-0.39, 0.29) is 29.8 Å². The van der Waals surface area contributed by atoms with Crippen molar-refractivity contribution in [3.63, 3.8) is 0 Å². The number of rotatable bonds is 9. The molecule has 0 aromatic heterocycles. The molecule has 6 nitrogen and oxygen atoms in total. The van der Waals surface area contributed by atoms with E-state index in [2.05, 4.69) is 32.3 Å². The third-order valence-electron chi connectivity index (χ3n) is 6.99. The highest BCUT2D eigenvalue weighted by atomic mass is 127. The molecule has 2 N–H and O–H groups in total. The molecule has 1 saturated heterocycles. The largest absolute Gasteiger partial charge is 0.385 e. The van der Waals surface area contributed by atoms with Crippen molar-refractivity contribution in [1.82, 2.24) is 15.5 Å². The molecule has 182 valence electrons. The standard InChI is InChI=1S/C24H40FN5O.HI/c1-4-29-12-14-30(15-13-29)22-8-7-20(17-21(22)25)18-27-23(26-2)28-19-24(11-16-31-3)9-5-6-10-24;/h7-8,17H,4-6,9-16,18-19H2,1-3H3,(H2,26,27,28);1H. The minimum atomic E-state index is -0.142. The van der Waals surface area contributed by atoms with Crippen LogP contribution in [0.2, 0.25) is 0 Å². The first-order chi connectivity index (χ1) is 15.1. The lowest BCUT2D eigenvalue weighted by atomic mass is 9.83. The van der Waals surface area contributed by atoms with Crippen LogP contribution in [0.5, 0.6) is 0 Å². The van der Waals surface area contributed by atoms with Crippen LogP contribution >= 0.6 is 24.0 Å². The Balaban J connectivity index is 0.00000363. The summed E-state index contributed by atoms with van der Waals surface area (Å²) in [4.78, 5) is 8.91. The van der Waals surface area contributed by atoms with Gasteiger partial charge in [-0.2, -0.15) is 0 Å². The van der Waals surface area contributed by atoms with E-state index >= 15 is 0 Å². The van der Waals surface area contributed by atoms with E-state index in [1.807, 2.05) is 12.1 Å². The number of piperazine rings is 1. The lowest BCUT2D eigenvalue weighted by Gasteiger charge is -2.35. The number of halogens is 2. The fraction of sp³-hybridized carbons (Fsp3) is 0.708. The number of hydrogen-bond acceptors (Lipinski definition) is 4. The highest BCUT2D eigenvalue weighted by Crippen LogP contribution is 2.40. The second-order valence-corrected chi connectivity index (χ2v) is 8.94. The van der Waals surface area contributed by atoms with Gasteiger partial charge < -0.3 is 25.2 Å². The number of benzene rings is 1. The van der Waals surface area contributed by atoms with Crippen LogP contribution in [-0.2, 0) is 11.3 Å². The molecule has 1 saturated carbocycles. The molecule has 2 aliphatic rings. The molecule has 32 heavy (non-hydrogen) atoms. The molecule has 1 heterocycles. The Labute approximate surface area is 210 Å². The highest BCUT2D eigenvalue weighted by molar-refractivity contribution is 14.0. The molecule has 2 fully saturated rings. The number of nitrogens with one attached hydrogen (secondary N) is 2. The van der Waals surface area contributed by atoms with Crippen molar-refractivity contribution >= 4 is 35.6 Å².